The van der Waals surface area contributed by atoms with Crippen molar-refractivity contribution >= 4 is 11.8 Å². The third-order valence-corrected chi connectivity index (χ3v) is 4.72. The van der Waals surface area contributed by atoms with Gasteiger partial charge >= 0.3 is 0 Å². The van der Waals surface area contributed by atoms with E-state index in [0.717, 1.165) is 0 Å². The fourth-order valence-corrected chi connectivity index (χ4v) is 3.31. The maximum atomic E-state index is 14.4. The lowest BCUT2D eigenvalue weighted by atomic mass is 10.0. The molecule has 1 atom stereocenters. The number of ether oxygens (including phenoxy) is 2. The van der Waals surface area contributed by atoms with Gasteiger partial charge in [-0.05, 0) is 25.0 Å². The number of hydrogen-bond acceptors (Lipinski definition) is 7. The maximum Gasteiger partial charge on any atom is 0.222 e. The van der Waals surface area contributed by atoms with Crippen LogP contribution < -0.4 is 15.4 Å². The van der Waals surface area contributed by atoms with Crippen molar-refractivity contribution in [2.75, 3.05) is 37.0 Å². The van der Waals surface area contributed by atoms with E-state index in [9.17, 15) is 9.65 Å². The predicted octanol–water partition coefficient (Wildman–Crippen LogP) is 3.00. The summed E-state index contributed by atoms with van der Waals surface area (Å²) in [7, 11) is 0. The highest BCUT2D eigenvalue weighted by molar-refractivity contribution is 5.68. The molecule has 2 heterocycles. The van der Waals surface area contributed by atoms with Crippen LogP contribution in [-0.2, 0) is 4.74 Å². The van der Waals surface area contributed by atoms with Gasteiger partial charge < -0.3 is 20.1 Å². The lowest BCUT2D eigenvalue weighted by Gasteiger charge is -2.39. The van der Waals surface area contributed by atoms with Crippen molar-refractivity contribution in [3.63, 3.8) is 0 Å². The molecule has 0 aliphatic carbocycles. The lowest BCUT2D eigenvalue weighted by Crippen LogP contribution is -2.48. The molecule has 0 spiro atoms. The average molecular weight is 385 g/mol. The molecule has 1 aliphatic rings. The van der Waals surface area contributed by atoms with Gasteiger partial charge in [-0.1, -0.05) is 13.8 Å². The Labute approximate surface area is 163 Å². The molecule has 2 aromatic rings. The number of hydrogen-bond donors (Lipinski definition) is 1. The molecule has 0 radical (unpaired) electrons. The van der Waals surface area contributed by atoms with Crippen LogP contribution in [0.1, 0.15) is 26.3 Å². The molecule has 3 rings (SSSR count). The maximum absolute atomic E-state index is 14.4. The molecule has 1 aromatic heterocycles. The van der Waals surface area contributed by atoms with Crippen LogP contribution >= 0.6 is 0 Å². The average Bonchev–Trinajstić information content (AvgIpc) is 2.67. The summed E-state index contributed by atoms with van der Waals surface area (Å²) >= 11 is 0. The van der Waals surface area contributed by atoms with Crippen LogP contribution in [0, 0.1) is 23.1 Å². The Morgan fingerprint density at radius 3 is 2.86 bits per heavy atom. The molecule has 148 valence electrons. The lowest BCUT2D eigenvalue weighted by molar-refractivity contribution is 0.0802. The van der Waals surface area contributed by atoms with E-state index in [4.69, 9.17) is 15.2 Å². The van der Waals surface area contributed by atoms with Crippen LogP contribution in [0.4, 0.5) is 16.2 Å². The van der Waals surface area contributed by atoms with E-state index in [1.165, 1.54) is 6.07 Å². The number of nitrogens with two attached hydrogens (primary N) is 1. The third kappa shape index (κ3) is 3.99. The summed E-state index contributed by atoms with van der Waals surface area (Å²) in [6, 6.07) is 6.66. The van der Waals surface area contributed by atoms with Gasteiger partial charge in [0.25, 0.3) is 0 Å². The van der Waals surface area contributed by atoms with E-state index >= 15 is 0 Å². The van der Waals surface area contributed by atoms with E-state index in [-0.39, 0.29) is 23.3 Å². The van der Waals surface area contributed by atoms with Gasteiger partial charge in [-0.25, -0.2) is 9.37 Å². The first kappa shape index (κ1) is 19.8. The second kappa shape index (κ2) is 8.40. The standard InChI is InChI=1S/C20H24FN5O2/c1-4-28-18-8-13(7-15(21)14(18)10-22)16-9-19(25-20(23)24-16)26-5-6-27-11-17(26)12(2)3/h7-9,12,17H,4-6,11H2,1-3H3,(H2,23,24,25)/t17-/m0/s1. The highest BCUT2D eigenvalue weighted by atomic mass is 19.1. The monoisotopic (exact) mass is 385 g/mol. The molecule has 0 unspecified atom stereocenters. The Balaban J connectivity index is 2.06. The predicted molar refractivity (Wildman–Crippen MR) is 105 cm³/mol. The van der Waals surface area contributed by atoms with Crippen LogP contribution in [0.5, 0.6) is 5.75 Å². The topological polar surface area (TPSA) is 97.3 Å². The van der Waals surface area contributed by atoms with Gasteiger partial charge in [0.05, 0.1) is 31.6 Å². The van der Waals surface area contributed by atoms with Gasteiger partial charge in [0.1, 0.15) is 29.0 Å². The number of nitriles is 1. The van der Waals surface area contributed by atoms with Crippen molar-refractivity contribution < 1.29 is 13.9 Å². The molecule has 1 aliphatic heterocycles. The third-order valence-electron chi connectivity index (χ3n) is 4.72. The zero-order chi connectivity index (χ0) is 20.3. The largest absolute Gasteiger partial charge is 0.492 e. The van der Waals surface area contributed by atoms with Crippen LogP contribution in [0.25, 0.3) is 11.3 Å². The summed E-state index contributed by atoms with van der Waals surface area (Å²) in [6.45, 7) is 8.24. The van der Waals surface area contributed by atoms with Gasteiger partial charge in [0.2, 0.25) is 5.95 Å². The molecule has 0 bridgehead atoms. The first-order chi connectivity index (χ1) is 13.4. The minimum absolute atomic E-state index is 0.101. The number of rotatable bonds is 5. The molecule has 0 saturated carbocycles. The molecule has 8 heteroatoms. The summed E-state index contributed by atoms with van der Waals surface area (Å²) in [5.74, 6) is 0.659. The van der Waals surface area contributed by atoms with E-state index in [2.05, 4.69) is 28.7 Å². The van der Waals surface area contributed by atoms with E-state index < -0.39 is 5.82 Å². The summed E-state index contributed by atoms with van der Waals surface area (Å²) in [6.07, 6.45) is 0. The first-order valence-corrected chi connectivity index (χ1v) is 9.30. The van der Waals surface area contributed by atoms with Gasteiger partial charge in [-0.15, -0.1) is 0 Å². The molecular formula is C20H24FN5O2. The highest BCUT2D eigenvalue weighted by Gasteiger charge is 2.27. The van der Waals surface area contributed by atoms with Crippen molar-refractivity contribution in [2.24, 2.45) is 5.92 Å². The number of halogens is 1. The number of aromatic nitrogens is 2. The van der Waals surface area contributed by atoms with E-state index in [1.807, 2.05) is 6.07 Å². The van der Waals surface area contributed by atoms with Crippen molar-refractivity contribution in [3.8, 4) is 23.1 Å². The SMILES string of the molecule is CCOc1cc(-c2cc(N3CCOC[C@H]3C(C)C)nc(N)n2)cc(F)c1C#N. The molecule has 0 amide bonds. The number of nitrogen functional groups attached to an aromatic ring is 1. The Kier molecular flexibility index (Phi) is 5.95. The normalized spacial score (nSPS) is 16.9. The molecule has 28 heavy (non-hydrogen) atoms. The first-order valence-electron chi connectivity index (χ1n) is 9.30. The van der Waals surface area contributed by atoms with Crippen LogP contribution in [0.2, 0.25) is 0 Å². The second-order valence-electron chi connectivity index (χ2n) is 6.93. The van der Waals surface area contributed by atoms with Crippen LogP contribution in [0.3, 0.4) is 0 Å². The van der Waals surface area contributed by atoms with E-state index in [1.54, 1.807) is 19.1 Å². The molecule has 7 nitrogen and oxygen atoms in total. The Morgan fingerprint density at radius 1 is 1.39 bits per heavy atom. The van der Waals surface area contributed by atoms with Crippen molar-refractivity contribution in [2.45, 2.75) is 26.8 Å². The summed E-state index contributed by atoms with van der Waals surface area (Å²) in [5.41, 5.74) is 6.78. The minimum atomic E-state index is -0.659. The number of benzene rings is 1. The Morgan fingerprint density at radius 2 is 2.18 bits per heavy atom. The van der Waals surface area contributed by atoms with Gasteiger partial charge in [-0.3, -0.25) is 0 Å². The molecule has 1 saturated heterocycles. The summed E-state index contributed by atoms with van der Waals surface area (Å²) < 4.78 is 25.5. The number of anilines is 2. The zero-order valence-electron chi connectivity index (χ0n) is 16.3. The Hall–Kier alpha value is -2.92. The smallest absolute Gasteiger partial charge is 0.222 e. The van der Waals surface area contributed by atoms with Crippen LogP contribution in [-0.4, -0.2) is 42.4 Å². The fourth-order valence-electron chi connectivity index (χ4n) is 3.31. The van der Waals surface area contributed by atoms with Gasteiger partial charge in [0.15, 0.2) is 0 Å². The van der Waals surface area contributed by atoms with Gasteiger partial charge in [0, 0.05) is 18.2 Å². The minimum Gasteiger partial charge on any atom is -0.492 e. The van der Waals surface area contributed by atoms with E-state index in [0.29, 0.717) is 49.4 Å². The number of morpholine rings is 1. The Bertz CT molecular complexity index is 897. The van der Waals surface area contributed by atoms with Crippen molar-refractivity contribution in [3.05, 3.63) is 29.6 Å². The molecular weight excluding hydrogens is 361 g/mol. The summed E-state index contributed by atoms with van der Waals surface area (Å²) in [5, 5.41) is 9.19. The van der Waals surface area contributed by atoms with Crippen molar-refractivity contribution in [1.82, 2.24) is 9.97 Å². The molecule has 1 aromatic carbocycles. The van der Waals surface area contributed by atoms with Crippen LogP contribution in [0.15, 0.2) is 18.2 Å². The van der Waals surface area contributed by atoms with Gasteiger partial charge in [-0.2, -0.15) is 10.2 Å². The zero-order valence-corrected chi connectivity index (χ0v) is 16.3. The fraction of sp³-hybridized carbons (Fsp3) is 0.450. The van der Waals surface area contributed by atoms with Crippen molar-refractivity contribution in [1.29, 1.82) is 5.26 Å². The number of nitrogens with zero attached hydrogens (tertiary/aromatic N) is 4. The highest BCUT2D eigenvalue weighted by Crippen LogP contribution is 2.31. The molecule has 1 fully saturated rings. The molecule has 2 N–H and O–H groups in total. The second-order valence-corrected chi connectivity index (χ2v) is 6.93. The quantitative estimate of drug-likeness (QED) is 0.845. The summed E-state index contributed by atoms with van der Waals surface area (Å²) in [4.78, 5) is 10.8.